The molecule has 1 nitrogen and oxygen atoms in total. The summed E-state index contributed by atoms with van der Waals surface area (Å²) in [6.45, 7) is 2.91. The molecule has 0 aromatic heterocycles. The van der Waals surface area contributed by atoms with E-state index in [1.54, 1.807) is 12.1 Å². The van der Waals surface area contributed by atoms with Crippen molar-refractivity contribution in [1.29, 1.82) is 0 Å². The highest BCUT2D eigenvalue weighted by molar-refractivity contribution is 5.71. The van der Waals surface area contributed by atoms with Crippen LogP contribution in [0.5, 0.6) is 5.75 Å². The minimum atomic E-state index is -0.749. The lowest BCUT2D eigenvalue weighted by molar-refractivity contribution is 0.302. The van der Waals surface area contributed by atoms with E-state index in [0.29, 0.717) is 23.1 Å². The quantitative estimate of drug-likeness (QED) is 0.198. The molecule has 0 spiro atoms. The molecule has 0 amide bonds. The van der Waals surface area contributed by atoms with Crippen LogP contribution < -0.4 is 4.74 Å². The number of unbranched alkanes of at least 4 members (excludes halogenated alkanes) is 5. The van der Waals surface area contributed by atoms with E-state index < -0.39 is 11.6 Å². The summed E-state index contributed by atoms with van der Waals surface area (Å²) in [7, 11) is 0. The molecule has 1 aliphatic rings. The van der Waals surface area contributed by atoms with Gasteiger partial charge < -0.3 is 4.74 Å². The Labute approximate surface area is 222 Å². The van der Waals surface area contributed by atoms with Crippen molar-refractivity contribution in [1.82, 2.24) is 0 Å². The molecule has 37 heavy (non-hydrogen) atoms. The largest absolute Gasteiger partial charge is 0.494 e. The van der Waals surface area contributed by atoms with Gasteiger partial charge in [-0.15, -0.1) is 0 Å². The van der Waals surface area contributed by atoms with Gasteiger partial charge in [-0.05, 0) is 59.6 Å². The van der Waals surface area contributed by atoms with Crippen molar-refractivity contribution in [2.45, 2.75) is 90.4 Å². The van der Waals surface area contributed by atoms with E-state index in [-0.39, 0.29) is 0 Å². The van der Waals surface area contributed by atoms with Crippen LogP contribution in [-0.2, 0) is 6.42 Å². The van der Waals surface area contributed by atoms with Crippen molar-refractivity contribution in [3.63, 3.8) is 0 Å². The molecule has 0 atom stereocenters. The van der Waals surface area contributed by atoms with Crippen molar-refractivity contribution in [2.75, 3.05) is 6.61 Å². The molecule has 1 aliphatic carbocycles. The SMILES string of the molecule is CCCCCCc1ccc(-c2ccc(-c3ccc(OCCCCCC4CCCC4)cc3)cc2)c(F)c1F. The monoisotopic (exact) mass is 504 g/mol. The molecule has 3 aromatic carbocycles. The molecule has 0 heterocycles. The van der Waals surface area contributed by atoms with Crippen LogP contribution in [0.25, 0.3) is 22.3 Å². The summed E-state index contributed by atoms with van der Waals surface area (Å²) in [5.41, 5.74) is 3.58. The fourth-order valence-electron chi connectivity index (χ4n) is 5.53. The molecule has 1 saturated carbocycles. The van der Waals surface area contributed by atoms with Gasteiger partial charge in [0.1, 0.15) is 5.75 Å². The zero-order valence-electron chi connectivity index (χ0n) is 22.4. The standard InChI is InChI=1S/C34H42F2O/c1-2-3-4-7-14-30-21-24-32(34(36)33(30)35)29-17-15-27(16-18-29)28-19-22-31(23-20-28)37-25-10-5-6-11-26-12-8-9-13-26/h15-24,26H,2-14,25H2,1H3. The maximum absolute atomic E-state index is 14.8. The third-order valence-electron chi connectivity index (χ3n) is 7.85. The van der Waals surface area contributed by atoms with E-state index in [4.69, 9.17) is 4.74 Å². The van der Waals surface area contributed by atoms with Gasteiger partial charge in [0.05, 0.1) is 6.61 Å². The Morgan fingerprint density at radius 2 is 1.32 bits per heavy atom. The first kappa shape index (κ1) is 27.4. The lowest BCUT2D eigenvalue weighted by atomic mass is 9.97. The minimum absolute atomic E-state index is 0.313. The zero-order chi connectivity index (χ0) is 25.9. The molecule has 0 saturated heterocycles. The molecule has 1 fully saturated rings. The summed E-state index contributed by atoms with van der Waals surface area (Å²) >= 11 is 0. The Morgan fingerprint density at radius 1 is 0.676 bits per heavy atom. The van der Waals surface area contributed by atoms with E-state index in [1.165, 1.54) is 44.9 Å². The van der Waals surface area contributed by atoms with E-state index in [1.807, 2.05) is 36.4 Å². The smallest absolute Gasteiger partial charge is 0.166 e. The lowest BCUT2D eigenvalue weighted by Crippen LogP contribution is -1.98. The fraction of sp³-hybridized carbons (Fsp3) is 0.471. The van der Waals surface area contributed by atoms with Gasteiger partial charge in [0.2, 0.25) is 0 Å². The highest BCUT2D eigenvalue weighted by Crippen LogP contribution is 2.31. The van der Waals surface area contributed by atoms with E-state index in [9.17, 15) is 8.78 Å². The molecule has 198 valence electrons. The molecule has 0 aliphatic heterocycles. The van der Waals surface area contributed by atoms with Crippen molar-refractivity contribution in [3.8, 4) is 28.0 Å². The number of halogens is 2. The number of benzene rings is 3. The van der Waals surface area contributed by atoms with Crippen LogP contribution in [0.1, 0.15) is 89.5 Å². The van der Waals surface area contributed by atoms with Crippen molar-refractivity contribution >= 4 is 0 Å². The van der Waals surface area contributed by atoms with Crippen molar-refractivity contribution in [3.05, 3.63) is 77.9 Å². The molecule has 0 N–H and O–H groups in total. The summed E-state index contributed by atoms with van der Waals surface area (Å²) in [6, 6.07) is 19.2. The van der Waals surface area contributed by atoms with Crippen LogP contribution in [0.2, 0.25) is 0 Å². The highest BCUT2D eigenvalue weighted by Gasteiger charge is 2.15. The van der Waals surface area contributed by atoms with Gasteiger partial charge >= 0.3 is 0 Å². The normalized spacial score (nSPS) is 13.8. The van der Waals surface area contributed by atoms with E-state index in [2.05, 4.69) is 19.1 Å². The zero-order valence-corrected chi connectivity index (χ0v) is 22.4. The highest BCUT2D eigenvalue weighted by atomic mass is 19.2. The predicted octanol–water partition coefficient (Wildman–Crippen LogP) is 10.6. The molecular weight excluding hydrogens is 462 g/mol. The van der Waals surface area contributed by atoms with Crippen LogP contribution in [0.4, 0.5) is 8.78 Å². The molecule has 0 radical (unpaired) electrons. The van der Waals surface area contributed by atoms with E-state index >= 15 is 0 Å². The van der Waals surface area contributed by atoms with Crippen LogP contribution in [0.3, 0.4) is 0 Å². The van der Waals surface area contributed by atoms with E-state index in [0.717, 1.165) is 61.5 Å². The number of ether oxygens (including phenoxy) is 1. The van der Waals surface area contributed by atoms with Crippen LogP contribution in [-0.4, -0.2) is 6.61 Å². The second-order valence-electron chi connectivity index (χ2n) is 10.7. The molecular formula is C34H42F2O. The first-order valence-corrected chi connectivity index (χ1v) is 14.5. The first-order valence-electron chi connectivity index (χ1n) is 14.5. The second kappa shape index (κ2) is 14.3. The molecule has 3 aromatic rings. The topological polar surface area (TPSA) is 9.23 Å². The lowest BCUT2D eigenvalue weighted by Gasteiger charge is -2.11. The predicted molar refractivity (Wildman–Crippen MR) is 151 cm³/mol. The number of aryl methyl sites for hydroxylation is 1. The average molecular weight is 505 g/mol. The van der Waals surface area contributed by atoms with Crippen molar-refractivity contribution in [2.24, 2.45) is 5.92 Å². The summed E-state index contributed by atoms with van der Waals surface area (Å²) < 4.78 is 35.4. The Balaban J connectivity index is 1.27. The molecule has 4 rings (SSSR count). The summed E-state index contributed by atoms with van der Waals surface area (Å²) in [6.07, 6.45) is 15.6. The molecule has 0 unspecified atom stereocenters. The second-order valence-corrected chi connectivity index (χ2v) is 10.7. The Kier molecular flexibility index (Phi) is 10.6. The Bertz CT molecular complexity index is 1080. The minimum Gasteiger partial charge on any atom is -0.494 e. The molecule has 3 heteroatoms. The Morgan fingerprint density at radius 3 is 2.03 bits per heavy atom. The number of rotatable bonds is 14. The maximum Gasteiger partial charge on any atom is 0.166 e. The van der Waals surface area contributed by atoms with Gasteiger partial charge in [0, 0.05) is 5.56 Å². The maximum atomic E-state index is 14.8. The van der Waals surface area contributed by atoms with Gasteiger partial charge in [0.25, 0.3) is 0 Å². The van der Waals surface area contributed by atoms with Gasteiger partial charge in [-0.3, -0.25) is 0 Å². The summed E-state index contributed by atoms with van der Waals surface area (Å²) in [5.74, 6) is 0.417. The average Bonchev–Trinajstić information content (AvgIpc) is 3.45. The third kappa shape index (κ3) is 7.90. The van der Waals surface area contributed by atoms with Gasteiger partial charge in [-0.1, -0.05) is 120 Å². The summed E-state index contributed by atoms with van der Waals surface area (Å²) in [5, 5.41) is 0. The van der Waals surface area contributed by atoms with Crippen molar-refractivity contribution < 1.29 is 13.5 Å². The van der Waals surface area contributed by atoms with Gasteiger partial charge in [0.15, 0.2) is 11.6 Å². The Hall–Kier alpha value is -2.68. The van der Waals surface area contributed by atoms with Crippen LogP contribution in [0, 0.1) is 17.6 Å². The van der Waals surface area contributed by atoms with Gasteiger partial charge in [-0.25, -0.2) is 8.78 Å². The summed E-state index contributed by atoms with van der Waals surface area (Å²) in [4.78, 5) is 0. The molecule has 0 bridgehead atoms. The number of hydrogen-bond acceptors (Lipinski definition) is 1. The fourth-order valence-corrected chi connectivity index (χ4v) is 5.53. The first-order chi connectivity index (χ1) is 18.2. The third-order valence-corrected chi connectivity index (χ3v) is 7.85. The van der Waals surface area contributed by atoms with Crippen LogP contribution in [0.15, 0.2) is 60.7 Å². The number of hydrogen-bond donors (Lipinski definition) is 0. The van der Waals surface area contributed by atoms with Crippen LogP contribution >= 0.6 is 0 Å². The van der Waals surface area contributed by atoms with Gasteiger partial charge in [-0.2, -0.15) is 0 Å².